The van der Waals surface area contributed by atoms with E-state index in [0.29, 0.717) is 23.2 Å². The molecule has 3 atom stereocenters. The van der Waals surface area contributed by atoms with Gasteiger partial charge in [-0.3, -0.25) is 9.10 Å². The number of carbonyl (C=O) groups is 1. The molecule has 2 aromatic rings. The molecule has 2 bridgehead atoms. The SMILES string of the molecule is CS(=O)(=O)N(Cc1ccc(C(=O)N[C@H]2C[C@@H]3CC[C@H]2C3)cc1)c1ccccc1. The Morgan fingerprint density at radius 3 is 2.32 bits per heavy atom. The van der Waals surface area contributed by atoms with Crippen LogP contribution >= 0.6 is 0 Å². The minimum absolute atomic E-state index is 0.0351. The second kappa shape index (κ2) is 7.59. The first-order valence-corrected chi connectivity index (χ1v) is 11.7. The lowest BCUT2D eigenvalue weighted by molar-refractivity contribution is 0.0923. The van der Waals surface area contributed by atoms with Gasteiger partial charge in [-0.1, -0.05) is 36.8 Å². The van der Waals surface area contributed by atoms with Crippen LogP contribution in [0.25, 0.3) is 0 Å². The molecule has 0 spiro atoms. The van der Waals surface area contributed by atoms with Crippen LogP contribution in [-0.2, 0) is 16.6 Å². The number of sulfonamides is 1. The van der Waals surface area contributed by atoms with Crippen molar-refractivity contribution in [2.45, 2.75) is 38.3 Å². The largest absolute Gasteiger partial charge is 0.349 e. The molecule has 1 N–H and O–H groups in total. The smallest absolute Gasteiger partial charge is 0.251 e. The van der Waals surface area contributed by atoms with Gasteiger partial charge in [0, 0.05) is 11.6 Å². The predicted octanol–water partition coefficient (Wildman–Crippen LogP) is 3.57. The Kier molecular flexibility index (Phi) is 5.15. The number of carbonyl (C=O) groups excluding carboxylic acids is 1. The minimum Gasteiger partial charge on any atom is -0.349 e. The Morgan fingerprint density at radius 2 is 1.75 bits per heavy atom. The van der Waals surface area contributed by atoms with Crippen LogP contribution in [0.15, 0.2) is 54.6 Å². The maximum Gasteiger partial charge on any atom is 0.251 e. The molecule has 2 aliphatic carbocycles. The van der Waals surface area contributed by atoms with E-state index in [1.165, 1.54) is 29.8 Å². The molecule has 1 amide bonds. The third-order valence-electron chi connectivity index (χ3n) is 6.04. The number of fused-ring (bicyclic) bond motifs is 2. The molecule has 2 aromatic carbocycles. The summed E-state index contributed by atoms with van der Waals surface area (Å²) in [6.45, 7) is 0.233. The van der Waals surface area contributed by atoms with E-state index < -0.39 is 10.0 Å². The average Bonchev–Trinajstić information content (AvgIpc) is 3.29. The first-order valence-electron chi connectivity index (χ1n) is 9.83. The van der Waals surface area contributed by atoms with Crippen molar-refractivity contribution in [2.24, 2.45) is 11.8 Å². The van der Waals surface area contributed by atoms with Gasteiger partial charge < -0.3 is 5.32 Å². The van der Waals surface area contributed by atoms with E-state index in [2.05, 4.69) is 5.32 Å². The van der Waals surface area contributed by atoms with Gasteiger partial charge >= 0.3 is 0 Å². The van der Waals surface area contributed by atoms with Gasteiger partial charge in [0.25, 0.3) is 5.91 Å². The summed E-state index contributed by atoms with van der Waals surface area (Å²) < 4.78 is 25.8. The molecule has 5 nitrogen and oxygen atoms in total. The lowest BCUT2D eigenvalue weighted by Gasteiger charge is -2.23. The summed E-state index contributed by atoms with van der Waals surface area (Å²) in [4.78, 5) is 12.6. The van der Waals surface area contributed by atoms with Crippen LogP contribution in [0.3, 0.4) is 0 Å². The standard InChI is InChI=1S/C22H26N2O3S/c1-28(26,27)24(20-5-3-2-4-6-20)15-16-7-10-18(11-8-16)22(25)23-21-14-17-9-12-19(21)13-17/h2-8,10-11,17,19,21H,9,12-15H2,1H3,(H,23,25)/t17-,19+,21+/m1/s1. The van der Waals surface area contributed by atoms with Crippen LogP contribution < -0.4 is 9.62 Å². The number of nitrogens with one attached hydrogen (secondary N) is 1. The minimum atomic E-state index is -3.41. The van der Waals surface area contributed by atoms with E-state index in [9.17, 15) is 13.2 Å². The van der Waals surface area contributed by atoms with E-state index in [0.717, 1.165) is 17.9 Å². The second-order valence-electron chi connectivity index (χ2n) is 8.06. The van der Waals surface area contributed by atoms with Crippen molar-refractivity contribution >= 4 is 21.6 Å². The zero-order chi connectivity index (χ0) is 19.7. The van der Waals surface area contributed by atoms with Crippen LogP contribution in [0.4, 0.5) is 5.69 Å². The van der Waals surface area contributed by atoms with Crippen LogP contribution in [0.5, 0.6) is 0 Å². The van der Waals surface area contributed by atoms with E-state index >= 15 is 0 Å². The lowest BCUT2D eigenvalue weighted by atomic mass is 9.95. The predicted molar refractivity (Wildman–Crippen MR) is 111 cm³/mol. The Balaban J connectivity index is 1.44. The highest BCUT2D eigenvalue weighted by Gasteiger charge is 2.40. The van der Waals surface area contributed by atoms with Gasteiger partial charge in [0.05, 0.1) is 18.5 Å². The maximum atomic E-state index is 12.6. The highest BCUT2D eigenvalue weighted by atomic mass is 32.2. The summed E-state index contributed by atoms with van der Waals surface area (Å²) in [7, 11) is -3.41. The fourth-order valence-corrected chi connectivity index (χ4v) is 5.48. The monoisotopic (exact) mass is 398 g/mol. The Hall–Kier alpha value is -2.34. The molecule has 2 fully saturated rings. The van der Waals surface area contributed by atoms with E-state index in [1.807, 2.05) is 30.3 Å². The molecule has 6 heteroatoms. The number of benzene rings is 2. The van der Waals surface area contributed by atoms with Crippen LogP contribution in [0, 0.1) is 11.8 Å². The van der Waals surface area contributed by atoms with Crippen LogP contribution in [0.1, 0.15) is 41.6 Å². The third-order valence-corrected chi connectivity index (χ3v) is 7.18. The normalized spacial score (nSPS) is 23.5. The van der Waals surface area contributed by atoms with Crippen molar-refractivity contribution in [1.29, 1.82) is 0 Å². The average molecular weight is 399 g/mol. The molecule has 28 heavy (non-hydrogen) atoms. The number of para-hydroxylation sites is 1. The Morgan fingerprint density at radius 1 is 1.04 bits per heavy atom. The number of hydrogen-bond acceptors (Lipinski definition) is 3. The topological polar surface area (TPSA) is 66.5 Å². The molecule has 0 heterocycles. The molecule has 0 radical (unpaired) electrons. The first-order chi connectivity index (χ1) is 13.4. The van der Waals surface area contributed by atoms with Gasteiger partial charge in [-0.25, -0.2) is 8.42 Å². The van der Waals surface area contributed by atoms with Gasteiger partial charge in [-0.15, -0.1) is 0 Å². The molecular weight excluding hydrogens is 372 g/mol. The van der Waals surface area contributed by atoms with Crippen molar-refractivity contribution in [3.63, 3.8) is 0 Å². The van der Waals surface area contributed by atoms with Crippen molar-refractivity contribution in [2.75, 3.05) is 10.6 Å². The summed E-state index contributed by atoms with van der Waals surface area (Å²) in [6, 6.07) is 16.6. The van der Waals surface area contributed by atoms with Gasteiger partial charge in [0.2, 0.25) is 10.0 Å². The number of anilines is 1. The van der Waals surface area contributed by atoms with E-state index in [-0.39, 0.29) is 12.5 Å². The van der Waals surface area contributed by atoms with E-state index in [4.69, 9.17) is 0 Å². The van der Waals surface area contributed by atoms with Crippen molar-refractivity contribution in [3.8, 4) is 0 Å². The molecule has 0 aliphatic heterocycles. The summed E-state index contributed by atoms with van der Waals surface area (Å²) in [6.07, 6.45) is 6.11. The quantitative estimate of drug-likeness (QED) is 0.809. The molecule has 2 aliphatic rings. The zero-order valence-corrected chi connectivity index (χ0v) is 16.9. The molecule has 0 aromatic heterocycles. The number of hydrogen-bond donors (Lipinski definition) is 1. The maximum absolute atomic E-state index is 12.6. The third kappa shape index (κ3) is 4.07. The lowest BCUT2D eigenvalue weighted by Crippen LogP contribution is -2.38. The highest BCUT2D eigenvalue weighted by molar-refractivity contribution is 7.92. The Bertz CT molecular complexity index is 942. The second-order valence-corrected chi connectivity index (χ2v) is 9.96. The van der Waals surface area contributed by atoms with Crippen molar-refractivity contribution < 1.29 is 13.2 Å². The number of rotatable bonds is 6. The molecule has 2 saturated carbocycles. The van der Waals surface area contributed by atoms with E-state index in [1.54, 1.807) is 24.3 Å². The van der Waals surface area contributed by atoms with Crippen molar-refractivity contribution in [3.05, 3.63) is 65.7 Å². The van der Waals surface area contributed by atoms with Gasteiger partial charge in [0.15, 0.2) is 0 Å². The number of amides is 1. The molecule has 148 valence electrons. The van der Waals surface area contributed by atoms with Crippen molar-refractivity contribution in [1.82, 2.24) is 5.32 Å². The van der Waals surface area contributed by atoms with Gasteiger partial charge in [-0.05, 0) is 60.9 Å². The fraction of sp³-hybridized carbons (Fsp3) is 0.409. The molecular formula is C22H26N2O3S. The number of nitrogens with zero attached hydrogens (tertiary/aromatic N) is 1. The molecule has 0 saturated heterocycles. The Labute approximate surface area is 166 Å². The van der Waals surface area contributed by atoms with Crippen LogP contribution in [0.2, 0.25) is 0 Å². The first kappa shape index (κ1) is 19.0. The summed E-state index contributed by atoms with van der Waals surface area (Å²) in [5.41, 5.74) is 2.09. The summed E-state index contributed by atoms with van der Waals surface area (Å²) in [5.74, 6) is 1.40. The fourth-order valence-electron chi connectivity index (χ4n) is 4.59. The van der Waals surface area contributed by atoms with Crippen LogP contribution in [-0.4, -0.2) is 26.6 Å². The van der Waals surface area contributed by atoms with Gasteiger partial charge in [0.1, 0.15) is 0 Å². The zero-order valence-electron chi connectivity index (χ0n) is 16.0. The summed E-state index contributed by atoms with van der Waals surface area (Å²) in [5, 5.41) is 3.19. The molecule has 4 rings (SSSR count). The highest BCUT2D eigenvalue weighted by Crippen LogP contribution is 2.44. The molecule has 0 unspecified atom stereocenters. The summed E-state index contributed by atoms with van der Waals surface area (Å²) >= 11 is 0. The van der Waals surface area contributed by atoms with Gasteiger partial charge in [-0.2, -0.15) is 0 Å².